The molecule has 2 heterocycles. The van der Waals surface area contributed by atoms with Crippen molar-refractivity contribution in [2.24, 2.45) is 5.92 Å². The van der Waals surface area contributed by atoms with E-state index in [0.29, 0.717) is 12.5 Å². The second-order valence-corrected chi connectivity index (χ2v) is 4.56. The topological polar surface area (TPSA) is 84.1 Å². The van der Waals surface area contributed by atoms with Gasteiger partial charge in [0.2, 0.25) is 17.0 Å². The number of piperidine rings is 1. The summed E-state index contributed by atoms with van der Waals surface area (Å²) >= 11 is 1.29. The van der Waals surface area contributed by atoms with Crippen molar-refractivity contribution in [2.75, 3.05) is 30.8 Å². The maximum atomic E-state index is 11.6. The van der Waals surface area contributed by atoms with Gasteiger partial charge in [-0.3, -0.25) is 4.79 Å². The minimum atomic E-state index is 0.0453. The quantitative estimate of drug-likeness (QED) is 0.766. The second kappa shape index (κ2) is 4.65. The molecule has 3 N–H and O–H groups in total. The van der Waals surface area contributed by atoms with Crippen LogP contribution in [0.5, 0.6) is 0 Å². The predicted octanol–water partition coefficient (Wildman–Crippen LogP) is 0.0827. The number of aromatic nitrogens is 2. The SMILES string of the molecule is CNC(=O)C1CCCN(c2nc(N)ns2)C1. The standard InChI is InChI=1S/C9H15N5OS/c1-11-7(15)6-3-2-4-14(5-6)9-12-8(10)13-16-9/h6H,2-5H2,1H3,(H2,10,13)(H,11,15). The van der Waals surface area contributed by atoms with Crippen LogP contribution in [0.3, 0.4) is 0 Å². The molecule has 1 fully saturated rings. The zero-order chi connectivity index (χ0) is 11.5. The first-order valence-electron chi connectivity index (χ1n) is 5.26. The van der Waals surface area contributed by atoms with Crippen LogP contribution in [-0.4, -0.2) is 35.4 Å². The number of anilines is 2. The van der Waals surface area contributed by atoms with Gasteiger partial charge in [0.25, 0.3) is 0 Å². The molecule has 6 nitrogen and oxygen atoms in total. The second-order valence-electron chi connectivity index (χ2n) is 3.83. The van der Waals surface area contributed by atoms with E-state index in [1.807, 2.05) is 0 Å². The third-order valence-corrected chi connectivity index (χ3v) is 3.53. The number of hydrogen-bond acceptors (Lipinski definition) is 6. The Morgan fingerprint density at radius 2 is 2.50 bits per heavy atom. The largest absolute Gasteiger partial charge is 0.367 e. The lowest BCUT2D eigenvalue weighted by Crippen LogP contribution is -2.42. The Morgan fingerprint density at radius 3 is 3.12 bits per heavy atom. The number of rotatable bonds is 2. The Morgan fingerprint density at radius 1 is 1.69 bits per heavy atom. The molecule has 1 aromatic rings. The van der Waals surface area contributed by atoms with E-state index in [1.54, 1.807) is 7.05 Å². The van der Waals surface area contributed by atoms with Crippen molar-refractivity contribution in [1.29, 1.82) is 0 Å². The first-order valence-corrected chi connectivity index (χ1v) is 6.03. The average molecular weight is 241 g/mol. The molecule has 1 aliphatic rings. The summed E-state index contributed by atoms with van der Waals surface area (Å²) in [6.45, 7) is 1.62. The van der Waals surface area contributed by atoms with Crippen molar-refractivity contribution in [3.63, 3.8) is 0 Å². The van der Waals surface area contributed by atoms with Crippen LogP contribution < -0.4 is 16.0 Å². The Balaban J connectivity index is 2.04. The molecule has 0 saturated carbocycles. The monoisotopic (exact) mass is 241 g/mol. The van der Waals surface area contributed by atoms with Crippen molar-refractivity contribution in [1.82, 2.24) is 14.7 Å². The zero-order valence-corrected chi connectivity index (χ0v) is 9.96. The number of amides is 1. The van der Waals surface area contributed by atoms with Crippen LogP contribution in [0.1, 0.15) is 12.8 Å². The van der Waals surface area contributed by atoms with E-state index >= 15 is 0 Å². The first-order chi connectivity index (χ1) is 7.70. The molecule has 0 bridgehead atoms. The summed E-state index contributed by atoms with van der Waals surface area (Å²) in [6.07, 6.45) is 1.93. The summed E-state index contributed by atoms with van der Waals surface area (Å²) in [7, 11) is 1.67. The lowest BCUT2D eigenvalue weighted by Gasteiger charge is -2.31. The van der Waals surface area contributed by atoms with Gasteiger partial charge >= 0.3 is 0 Å². The van der Waals surface area contributed by atoms with E-state index in [9.17, 15) is 4.79 Å². The van der Waals surface area contributed by atoms with Gasteiger partial charge in [-0.15, -0.1) is 0 Å². The highest BCUT2D eigenvalue weighted by Crippen LogP contribution is 2.25. The molecule has 1 saturated heterocycles. The van der Waals surface area contributed by atoms with E-state index in [0.717, 1.165) is 24.5 Å². The summed E-state index contributed by atoms with van der Waals surface area (Å²) in [6, 6.07) is 0. The van der Waals surface area contributed by atoms with Gasteiger partial charge in [0.05, 0.1) is 5.92 Å². The Bertz CT molecular complexity index is 380. The highest BCUT2D eigenvalue weighted by molar-refractivity contribution is 7.09. The van der Waals surface area contributed by atoms with Crippen molar-refractivity contribution in [3.05, 3.63) is 0 Å². The van der Waals surface area contributed by atoms with E-state index < -0.39 is 0 Å². The van der Waals surface area contributed by atoms with E-state index in [-0.39, 0.29) is 11.8 Å². The maximum absolute atomic E-state index is 11.6. The van der Waals surface area contributed by atoms with Crippen molar-refractivity contribution in [3.8, 4) is 0 Å². The number of hydrogen-bond donors (Lipinski definition) is 2. The third kappa shape index (κ3) is 2.24. The van der Waals surface area contributed by atoms with Gasteiger partial charge in [0.1, 0.15) is 0 Å². The van der Waals surface area contributed by atoms with Crippen molar-refractivity contribution < 1.29 is 4.79 Å². The van der Waals surface area contributed by atoms with Gasteiger partial charge in [-0.2, -0.15) is 9.36 Å². The third-order valence-electron chi connectivity index (χ3n) is 2.74. The molecule has 1 atom stereocenters. The van der Waals surface area contributed by atoms with Gasteiger partial charge in [-0.05, 0) is 12.8 Å². The molecule has 16 heavy (non-hydrogen) atoms. The number of carbonyl (C=O) groups is 1. The molecule has 2 rings (SSSR count). The van der Waals surface area contributed by atoms with E-state index in [4.69, 9.17) is 5.73 Å². The van der Waals surface area contributed by atoms with Crippen LogP contribution in [-0.2, 0) is 4.79 Å². The van der Waals surface area contributed by atoms with Crippen LogP contribution in [0.2, 0.25) is 0 Å². The maximum Gasteiger partial charge on any atom is 0.233 e. The smallest absolute Gasteiger partial charge is 0.233 e. The Kier molecular flexibility index (Phi) is 3.23. The Hall–Kier alpha value is -1.37. The fourth-order valence-corrected chi connectivity index (χ4v) is 2.56. The number of nitrogens with two attached hydrogens (primary N) is 1. The molecule has 1 amide bonds. The first kappa shape index (κ1) is 11.1. The molecule has 0 aliphatic carbocycles. The summed E-state index contributed by atoms with van der Waals surface area (Å²) in [5.41, 5.74) is 5.49. The van der Waals surface area contributed by atoms with Gasteiger partial charge in [-0.1, -0.05) is 0 Å². The normalized spacial score (nSPS) is 20.8. The number of carbonyl (C=O) groups excluding carboxylic acids is 1. The molecule has 1 unspecified atom stereocenters. The molecular formula is C9H15N5OS. The molecular weight excluding hydrogens is 226 g/mol. The number of nitrogens with one attached hydrogen (secondary N) is 1. The number of nitrogens with zero attached hydrogens (tertiary/aromatic N) is 3. The lowest BCUT2D eigenvalue weighted by molar-refractivity contribution is -0.124. The van der Waals surface area contributed by atoms with Crippen LogP contribution in [0, 0.1) is 5.92 Å². The minimum Gasteiger partial charge on any atom is -0.367 e. The highest BCUT2D eigenvalue weighted by Gasteiger charge is 2.26. The van der Waals surface area contributed by atoms with Crippen LogP contribution in [0.4, 0.5) is 11.1 Å². The van der Waals surface area contributed by atoms with Crippen LogP contribution in [0.15, 0.2) is 0 Å². The van der Waals surface area contributed by atoms with Gasteiger partial charge in [-0.25, -0.2) is 0 Å². The van der Waals surface area contributed by atoms with E-state index in [2.05, 4.69) is 19.6 Å². The zero-order valence-electron chi connectivity index (χ0n) is 9.14. The lowest BCUT2D eigenvalue weighted by atomic mass is 9.98. The molecule has 7 heteroatoms. The fraction of sp³-hybridized carbons (Fsp3) is 0.667. The number of nitrogen functional groups attached to an aromatic ring is 1. The molecule has 0 spiro atoms. The van der Waals surface area contributed by atoms with Crippen LogP contribution >= 0.6 is 11.5 Å². The highest BCUT2D eigenvalue weighted by atomic mass is 32.1. The molecule has 0 radical (unpaired) electrons. The molecule has 1 aliphatic heterocycles. The summed E-state index contributed by atoms with van der Waals surface area (Å²) in [5, 5.41) is 3.50. The summed E-state index contributed by atoms with van der Waals surface area (Å²) in [5.74, 6) is 0.452. The minimum absolute atomic E-state index is 0.0453. The van der Waals surface area contributed by atoms with Gasteiger partial charge in [0.15, 0.2) is 0 Å². The average Bonchev–Trinajstić information content (AvgIpc) is 2.75. The molecule has 1 aromatic heterocycles. The van der Waals surface area contributed by atoms with Gasteiger partial charge in [0, 0.05) is 31.7 Å². The van der Waals surface area contributed by atoms with Gasteiger partial charge < -0.3 is 16.0 Å². The van der Waals surface area contributed by atoms with E-state index in [1.165, 1.54) is 11.5 Å². The molecule has 88 valence electrons. The molecule has 0 aromatic carbocycles. The fourth-order valence-electron chi connectivity index (χ4n) is 1.92. The van der Waals surface area contributed by atoms with Crippen molar-refractivity contribution in [2.45, 2.75) is 12.8 Å². The predicted molar refractivity (Wildman–Crippen MR) is 63.3 cm³/mol. The summed E-state index contributed by atoms with van der Waals surface area (Å²) in [4.78, 5) is 17.8. The van der Waals surface area contributed by atoms with Crippen molar-refractivity contribution >= 4 is 28.5 Å². The van der Waals surface area contributed by atoms with Crippen LogP contribution in [0.25, 0.3) is 0 Å². The Labute approximate surface area is 98.0 Å². The summed E-state index contributed by atoms with van der Waals surface area (Å²) < 4.78 is 3.95.